The molecule has 0 bridgehead atoms. The van der Waals surface area contributed by atoms with Crippen molar-refractivity contribution in [3.63, 3.8) is 0 Å². The van der Waals surface area contributed by atoms with Crippen molar-refractivity contribution in [2.75, 3.05) is 5.73 Å². The number of aromatic hydroxyl groups is 1. The van der Waals surface area contributed by atoms with E-state index in [1.165, 1.54) is 18.2 Å². The van der Waals surface area contributed by atoms with Crippen LogP contribution < -0.4 is 11.2 Å². The van der Waals surface area contributed by atoms with E-state index in [9.17, 15) is 9.90 Å². The quantitative estimate of drug-likeness (QED) is 0.694. The number of pyridine rings is 1. The van der Waals surface area contributed by atoms with Crippen LogP contribution in [0.15, 0.2) is 51.8 Å². The van der Waals surface area contributed by atoms with Crippen molar-refractivity contribution in [1.82, 2.24) is 4.98 Å². The maximum atomic E-state index is 12.4. The fourth-order valence-corrected chi connectivity index (χ4v) is 1.95. The van der Waals surface area contributed by atoms with E-state index in [0.717, 1.165) is 0 Å². The Hall–Kier alpha value is -2.82. The zero-order valence-corrected chi connectivity index (χ0v) is 9.83. The first-order chi connectivity index (χ1) is 9.16. The second-order valence-corrected chi connectivity index (χ2v) is 4.07. The fourth-order valence-electron chi connectivity index (χ4n) is 1.95. The standard InChI is InChI=1S/C14H10N2O3/c15-14-12(10-3-1-2-6-16-10)13(18)9-5-4-8(17)7-11(9)19-14/h1-7,17H,15H2. The summed E-state index contributed by atoms with van der Waals surface area (Å²) in [5.74, 6) is 0.00226. The molecule has 94 valence electrons. The van der Waals surface area contributed by atoms with Gasteiger partial charge in [0, 0.05) is 12.3 Å². The molecule has 0 amide bonds. The highest BCUT2D eigenvalue weighted by atomic mass is 16.3. The molecule has 0 unspecified atom stereocenters. The zero-order valence-electron chi connectivity index (χ0n) is 9.83. The lowest BCUT2D eigenvalue weighted by Gasteiger charge is -2.05. The SMILES string of the molecule is Nc1oc2cc(O)ccc2c(=O)c1-c1ccccn1. The number of benzene rings is 1. The molecule has 5 nitrogen and oxygen atoms in total. The molecule has 0 saturated heterocycles. The van der Waals surface area contributed by atoms with E-state index in [4.69, 9.17) is 10.2 Å². The predicted molar refractivity (Wildman–Crippen MR) is 71.8 cm³/mol. The van der Waals surface area contributed by atoms with Crippen molar-refractivity contribution >= 4 is 16.9 Å². The van der Waals surface area contributed by atoms with Gasteiger partial charge in [-0.2, -0.15) is 0 Å². The largest absolute Gasteiger partial charge is 0.508 e. The van der Waals surface area contributed by atoms with Crippen LogP contribution in [0.3, 0.4) is 0 Å². The molecule has 3 rings (SSSR count). The van der Waals surface area contributed by atoms with Gasteiger partial charge in [-0.1, -0.05) is 6.07 Å². The van der Waals surface area contributed by atoms with E-state index in [0.29, 0.717) is 11.1 Å². The third kappa shape index (κ3) is 1.81. The highest BCUT2D eigenvalue weighted by molar-refractivity contribution is 5.85. The summed E-state index contributed by atoms with van der Waals surface area (Å²) in [6.45, 7) is 0. The van der Waals surface area contributed by atoms with E-state index in [2.05, 4.69) is 4.98 Å². The Bertz CT molecular complexity index is 810. The Morgan fingerprint density at radius 1 is 1.21 bits per heavy atom. The lowest BCUT2D eigenvalue weighted by molar-refractivity contribution is 0.474. The maximum Gasteiger partial charge on any atom is 0.204 e. The first-order valence-electron chi connectivity index (χ1n) is 5.63. The number of aromatic nitrogens is 1. The van der Waals surface area contributed by atoms with Crippen molar-refractivity contribution in [2.45, 2.75) is 0 Å². The van der Waals surface area contributed by atoms with E-state index >= 15 is 0 Å². The third-order valence-electron chi connectivity index (χ3n) is 2.82. The van der Waals surface area contributed by atoms with Crippen molar-refractivity contribution in [1.29, 1.82) is 0 Å². The molecular weight excluding hydrogens is 244 g/mol. The van der Waals surface area contributed by atoms with Crippen molar-refractivity contribution < 1.29 is 9.52 Å². The smallest absolute Gasteiger partial charge is 0.204 e. The Labute approximate surface area is 107 Å². The van der Waals surface area contributed by atoms with Crippen LogP contribution in [0.2, 0.25) is 0 Å². The van der Waals surface area contributed by atoms with E-state index < -0.39 is 0 Å². The van der Waals surface area contributed by atoms with Crippen LogP contribution in [0.5, 0.6) is 5.75 Å². The molecule has 3 N–H and O–H groups in total. The number of hydrogen-bond acceptors (Lipinski definition) is 5. The average molecular weight is 254 g/mol. The Morgan fingerprint density at radius 3 is 2.79 bits per heavy atom. The molecule has 2 heterocycles. The van der Waals surface area contributed by atoms with Crippen molar-refractivity contribution in [3.8, 4) is 17.0 Å². The number of nitrogens with two attached hydrogens (primary N) is 1. The lowest BCUT2D eigenvalue weighted by Crippen LogP contribution is -2.09. The molecule has 0 aliphatic rings. The van der Waals surface area contributed by atoms with Crippen LogP contribution in [0, 0.1) is 0 Å². The Kier molecular flexibility index (Phi) is 2.45. The van der Waals surface area contributed by atoms with Crippen molar-refractivity contribution in [2.24, 2.45) is 0 Å². The second kappa shape index (κ2) is 4.13. The summed E-state index contributed by atoms with van der Waals surface area (Å²) in [6.07, 6.45) is 1.58. The summed E-state index contributed by atoms with van der Waals surface area (Å²) in [5.41, 5.74) is 6.46. The minimum atomic E-state index is -0.266. The number of phenolic OH excluding ortho intramolecular Hbond substituents is 1. The highest BCUT2D eigenvalue weighted by Gasteiger charge is 2.15. The summed E-state index contributed by atoms with van der Waals surface area (Å²) in [4.78, 5) is 16.5. The third-order valence-corrected chi connectivity index (χ3v) is 2.82. The van der Waals surface area contributed by atoms with Gasteiger partial charge in [-0.05, 0) is 24.3 Å². The number of fused-ring (bicyclic) bond motifs is 1. The number of anilines is 1. The molecule has 1 aromatic carbocycles. The molecule has 0 fully saturated rings. The number of hydrogen-bond donors (Lipinski definition) is 2. The van der Waals surface area contributed by atoms with E-state index in [1.807, 2.05) is 0 Å². The van der Waals surface area contributed by atoms with Crippen LogP contribution in [0.1, 0.15) is 0 Å². The maximum absolute atomic E-state index is 12.4. The Balaban J connectivity index is 2.39. The summed E-state index contributed by atoms with van der Waals surface area (Å²) in [7, 11) is 0. The lowest BCUT2D eigenvalue weighted by atomic mass is 10.1. The summed E-state index contributed by atoms with van der Waals surface area (Å²) >= 11 is 0. The van der Waals surface area contributed by atoms with Gasteiger partial charge in [0.25, 0.3) is 0 Å². The number of nitrogens with zero attached hydrogens (tertiary/aromatic N) is 1. The summed E-state index contributed by atoms with van der Waals surface area (Å²) in [5, 5.41) is 9.74. The molecule has 3 aromatic rings. The molecule has 0 aliphatic carbocycles. The fraction of sp³-hybridized carbons (Fsp3) is 0. The highest BCUT2D eigenvalue weighted by Crippen LogP contribution is 2.26. The number of rotatable bonds is 1. The minimum absolute atomic E-state index is 0.0122. The second-order valence-electron chi connectivity index (χ2n) is 4.07. The van der Waals surface area contributed by atoms with Crippen LogP contribution >= 0.6 is 0 Å². The number of nitrogen functional groups attached to an aromatic ring is 1. The molecular formula is C14H10N2O3. The normalized spacial score (nSPS) is 10.7. The van der Waals surface area contributed by atoms with Gasteiger partial charge in [0.1, 0.15) is 16.9 Å². The first kappa shape index (κ1) is 11.3. The average Bonchev–Trinajstić information content (AvgIpc) is 2.39. The van der Waals surface area contributed by atoms with E-state index in [-0.39, 0.29) is 28.2 Å². The topological polar surface area (TPSA) is 89.4 Å². The van der Waals surface area contributed by atoms with Crippen LogP contribution in [0.25, 0.3) is 22.2 Å². The van der Waals surface area contributed by atoms with Gasteiger partial charge in [0.15, 0.2) is 0 Å². The van der Waals surface area contributed by atoms with Gasteiger partial charge < -0.3 is 15.3 Å². The molecule has 0 atom stereocenters. The molecule has 2 aromatic heterocycles. The number of phenols is 1. The van der Waals surface area contributed by atoms with Gasteiger partial charge in [0.2, 0.25) is 11.3 Å². The predicted octanol–water partition coefficient (Wildman–Crippen LogP) is 2.14. The van der Waals surface area contributed by atoms with Gasteiger partial charge >= 0.3 is 0 Å². The zero-order chi connectivity index (χ0) is 13.4. The van der Waals surface area contributed by atoms with Crippen molar-refractivity contribution in [3.05, 3.63) is 52.8 Å². The summed E-state index contributed by atoms with van der Waals surface area (Å²) in [6, 6.07) is 9.49. The first-order valence-corrected chi connectivity index (χ1v) is 5.63. The van der Waals surface area contributed by atoms with Crippen LogP contribution in [-0.2, 0) is 0 Å². The van der Waals surface area contributed by atoms with Gasteiger partial charge in [-0.25, -0.2) is 0 Å². The summed E-state index contributed by atoms with van der Waals surface area (Å²) < 4.78 is 5.39. The van der Waals surface area contributed by atoms with Crippen LogP contribution in [-0.4, -0.2) is 10.1 Å². The monoisotopic (exact) mass is 254 g/mol. The minimum Gasteiger partial charge on any atom is -0.508 e. The van der Waals surface area contributed by atoms with Crippen LogP contribution in [0.4, 0.5) is 5.88 Å². The molecule has 19 heavy (non-hydrogen) atoms. The van der Waals surface area contributed by atoms with Gasteiger partial charge in [-0.3, -0.25) is 9.78 Å². The molecule has 0 spiro atoms. The molecule has 5 heteroatoms. The van der Waals surface area contributed by atoms with E-state index in [1.54, 1.807) is 24.4 Å². The molecule has 0 aliphatic heterocycles. The molecule has 0 saturated carbocycles. The Morgan fingerprint density at radius 2 is 2.05 bits per heavy atom. The van der Waals surface area contributed by atoms with Gasteiger partial charge in [-0.15, -0.1) is 0 Å². The van der Waals surface area contributed by atoms with Gasteiger partial charge in [0.05, 0.1) is 11.1 Å². The molecule has 0 radical (unpaired) electrons.